The lowest BCUT2D eigenvalue weighted by atomic mass is 9.99. The molecule has 0 amide bonds. The van der Waals surface area contributed by atoms with Crippen molar-refractivity contribution >= 4 is 34.1 Å². The number of aryl methyl sites for hydroxylation is 2. The van der Waals surface area contributed by atoms with Gasteiger partial charge in [0.25, 0.3) is 0 Å². The van der Waals surface area contributed by atoms with Gasteiger partial charge in [0.2, 0.25) is 0 Å². The molecule has 3 rings (SSSR count). The van der Waals surface area contributed by atoms with Gasteiger partial charge in [0.15, 0.2) is 0 Å². The second-order valence-electron chi connectivity index (χ2n) is 6.05. The summed E-state index contributed by atoms with van der Waals surface area (Å²) in [6, 6.07) is 12.3. The summed E-state index contributed by atoms with van der Waals surface area (Å²) in [5, 5.41) is 2.46. The van der Waals surface area contributed by atoms with Gasteiger partial charge in [0, 0.05) is 16.6 Å². The van der Waals surface area contributed by atoms with Crippen molar-refractivity contribution in [1.82, 2.24) is 4.98 Å². The zero-order valence-electron chi connectivity index (χ0n) is 13.8. The minimum absolute atomic E-state index is 0.579. The number of nitrogens with one attached hydrogen (secondary N) is 1. The number of hydrogen-bond acceptors (Lipinski definition) is 1. The number of fused-ring (bicyclic) bond motifs is 1. The van der Waals surface area contributed by atoms with Crippen molar-refractivity contribution in [3.05, 3.63) is 57.6 Å². The van der Waals surface area contributed by atoms with Gasteiger partial charge in [-0.2, -0.15) is 0 Å². The fourth-order valence-corrected chi connectivity index (χ4v) is 3.53. The predicted octanol–water partition coefficient (Wildman–Crippen LogP) is 5.99. The van der Waals surface area contributed by atoms with Crippen LogP contribution < -0.4 is 5.73 Å². The predicted molar refractivity (Wildman–Crippen MR) is 105 cm³/mol. The largest absolute Gasteiger partial charge is 0.354 e. The Labute approximate surface area is 153 Å². The molecule has 0 saturated carbocycles. The molecule has 24 heavy (non-hydrogen) atoms. The smallest absolute Gasteiger partial charge is 0.0599 e. The number of unbranched alkanes of at least 4 members (excludes halogenated alkanes) is 1. The maximum Gasteiger partial charge on any atom is 0.0599 e. The summed E-state index contributed by atoms with van der Waals surface area (Å²) < 4.78 is 0. The molecule has 0 radical (unpaired) electrons. The summed E-state index contributed by atoms with van der Waals surface area (Å²) in [5.41, 5.74) is 11.8. The topological polar surface area (TPSA) is 41.8 Å². The average molecular weight is 361 g/mol. The molecule has 0 aliphatic carbocycles. The van der Waals surface area contributed by atoms with Crippen LogP contribution >= 0.6 is 23.2 Å². The van der Waals surface area contributed by atoms with Gasteiger partial charge in [-0.05, 0) is 61.1 Å². The zero-order chi connectivity index (χ0) is 17.1. The third-order valence-corrected chi connectivity index (χ3v) is 5.24. The monoisotopic (exact) mass is 360 g/mol. The molecular weight excluding hydrogens is 339 g/mol. The fourth-order valence-electron chi connectivity index (χ4n) is 3.23. The molecule has 0 aliphatic rings. The summed E-state index contributed by atoms with van der Waals surface area (Å²) in [5.74, 6) is 0. The van der Waals surface area contributed by atoms with Crippen LogP contribution in [0.25, 0.3) is 22.2 Å². The first kappa shape index (κ1) is 17.3. The molecule has 0 fully saturated rings. The van der Waals surface area contributed by atoms with Crippen LogP contribution in [0.15, 0.2) is 36.4 Å². The molecule has 1 heterocycles. The molecular formula is C20H22Cl2N2. The van der Waals surface area contributed by atoms with Crippen LogP contribution in [-0.2, 0) is 12.8 Å². The van der Waals surface area contributed by atoms with Gasteiger partial charge in [0.1, 0.15) is 0 Å². The second kappa shape index (κ2) is 7.60. The van der Waals surface area contributed by atoms with E-state index in [9.17, 15) is 0 Å². The number of aromatic nitrogens is 1. The van der Waals surface area contributed by atoms with E-state index < -0.39 is 0 Å². The number of hydrogen-bond donors (Lipinski definition) is 2. The second-order valence-corrected chi connectivity index (χ2v) is 6.86. The normalized spacial score (nSPS) is 11.3. The van der Waals surface area contributed by atoms with Crippen LogP contribution in [0.5, 0.6) is 0 Å². The van der Waals surface area contributed by atoms with Gasteiger partial charge >= 0.3 is 0 Å². The highest BCUT2D eigenvalue weighted by Crippen LogP contribution is 2.35. The number of nitrogens with two attached hydrogens (primary N) is 1. The Morgan fingerprint density at radius 2 is 1.88 bits per heavy atom. The lowest BCUT2D eigenvalue weighted by molar-refractivity contribution is 0.748. The Hall–Kier alpha value is -1.48. The van der Waals surface area contributed by atoms with Crippen LogP contribution in [0.4, 0.5) is 0 Å². The van der Waals surface area contributed by atoms with Crippen molar-refractivity contribution in [1.29, 1.82) is 0 Å². The number of H-pyrrole nitrogens is 1. The molecule has 2 aromatic carbocycles. The molecule has 0 aliphatic heterocycles. The van der Waals surface area contributed by atoms with Gasteiger partial charge in [-0.15, -0.1) is 0 Å². The number of aromatic amines is 1. The Morgan fingerprint density at radius 3 is 2.58 bits per heavy atom. The Balaban J connectivity index is 2.17. The van der Waals surface area contributed by atoms with E-state index in [1.807, 2.05) is 18.2 Å². The maximum atomic E-state index is 6.24. The first-order chi connectivity index (χ1) is 11.7. The van der Waals surface area contributed by atoms with Crippen LogP contribution in [-0.4, -0.2) is 11.5 Å². The quantitative estimate of drug-likeness (QED) is 0.521. The van der Waals surface area contributed by atoms with Crippen LogP contribution in [0.3, 0.4) is 0 Å². The van der Waals surface area contributed by atoms with Crippen molar-refractivity contribution in [2.45, 2.75) is 32.6 Å². The highest BCUT2D eigenvalue weighted by atomic mass is 35.5. The van der Waals surface area contributed by atoms with Crippen LogP contribution in [0.1, 0.15) is 30.9 Å². The van der Waals surface area contributed by atoms with Crippen molar-refractivity contribution in [2.24, 2.45) is 5.73 Å². The SMILES string of the molecule is CCc1cccc2c(CCCCN)c(-c3ccc(Cl)c(Cl)c3)[nH]c12. The van der Waals surface area contributed by atoms with E-state index in [4.69, 9.17) is 28.9 Å². The highest BCUT2D eigenvalue weighted by molar-refractivity contribution is 6.42. The molecule has 3 aromatic rings. The molecule has 126 valence electrons. The lowest BCUT2D eigenvalue weighted by Gasteiger charge is -2.06. The van der Waals surface area contributed by atoms with Crippen molar-refractivity contribution in [3.63, 3.8) is 0 Å². The van der Waals surface area contributed by atoms with Gasteiger partial charge < -0.3 is 10.7 Å². The standard InChI is InChI=1S/C20H22Cl2N2/c1-2-13-6-5-8-16-15(7-3-4-11-23)20(24-19(13)16)14-9-10-17(21)18(22)12-14/h5-6,8-10,12,24H,2-4,7,11,23H2,1H3. The van der Waals surface area contributed by atoms with Crippen LogP contribution in [0.2, 0.25) is 10.0 Å². The Kier molecular flexibility index (Phi) is 5.50. The summed E-state index contributed by atoms with van der Waals surface area (Å²) in [6.45, 7) is 2.91. The van der Waals surface area contributed by atoms with Crippen molar-refractivity contribution in [3.8, 4) is 11.3 Å². The van der Waals surface area contributed by atoms with Gasteiger partial charge in [-0.1, -0.05) is 54.4 Å². The van der Waals surface area contributed by atoms with E-state index in [1.165, 1.54) is 22.0 Å². The molecule has 1 aromatic heterocycles. The number of halogens is 2. The van der Waals surface area contributed by atoms with E-state index in [1.54, 1.807) is 0 Å². The van der Waals surface area contributed by atoms with Gasteiger partial charge in [0.05, 0.1) is 10.0 Å². The summed E-state index contributed by atoms with van der Waals surface area (Å²) in [4.78, 5) is 3.64. The minimum Gasteiger partial charge on any atom is -0.354 e. The molecule has 3 N–H and O–H groups in total. The first-order valence-corrected chi connectivity index (χ1v) is 9.19. The molecule has 0 saturated heterocycles. The van der Waals surface area contributed by atoms with Gasteiger partial charge in [-0.3, -0.25) is 0 Å². The number of rotatable bonds is 6. The summed E-state index contributed by atoms with van der Waals surface area (Å²) in [6.07, 6.45) is 4.11. The fraction of sp³-hybridized carbons (Fsp3) is 0.300. The maximum absolute atomic E-state index is 6.24. The van der Waals surface area contributed by atoms with E-state index in [0.717, 1.165) is 43.5 Å². The van der Waals surface area contributed by atoms with Gasteiger partial charge in [-0.25, -0.2) is 0 Å². The first-order valence-electron chi connectivity index (χ1n) is 8.43. The summed E-state index contributed by atoms with van der Waals surface area (Å²) in [7, 11) is 0. The molecule has 0 bridgehead atoms. The Bertz CT molecular complexity index is 852. The molecule has 0 unspecified atom stereocenters. The van der Waals surface area contributed by atoms with E-state index in [0.29, 0.717) is 10.0 Å². The van der Waals surface area contributed by atoms with E-state index in [-0.39, 0.29) is 0 Å². The van der Waals surface area contributed by atoms with Crippen molar-refractivity contribution in [2.75, 3.05) is 6.54 Å². The molecule has 0 spiro atoms. The average Bonchev–Trinajstić information content (AvgIpc) is 2.96. The minimum atomic E-state index is 0.579. The summed E-state index contributed by atoms with van der Waals surface area (Å²) >= 11 is 12.3. The number of para-hydroxylation sites is 1. The van der Waals surface area contributed by atoms with E-state index >= 15 is 0 Å². The molecule has 0 atom stereocenters. The molecule has 4 heteroatoms. The third kappa shape index (κ3) is 3.32. The van der Waals surface area contributed by atoms with E-state index in [2.05, 4.69) is 30.1 Å². The lowest BCUT2D eigenvalue weighted by Crippen LogP contribution is -1.99. The highest BCUT2D eigenvalue weighted by Gasteiger charge is 2.15. The van der Waals surface area contributed by atoms with Crippen LogP contribution in [0, 0.1) is 0 Å². The zero-order valence-corrected chi connectivity index (χ0v) is 15.3. The molecule has 2 nitrogen and oxygen atoms in total. The number of benzene rings is 2. The third-order valence-electron chi connectivity index (χ3n) is 4.50. The Morgan fingerprint density at radius 1 is 1.04 bits per heavy atom. The van der Waals surface area contributed by atoms with Crippen molar-refractivity contribution < 1.29 is 0 Å².